The van der Waals surface area contributed by atoms with Crippen LogP contribution in [0.4, 0.5) is 11.4 Å². The van der Waals surface area contributed by atoms with Crippen LogP contribution in [0.25, 0.3) is 0 Å². The number of nitro groups is 1. The Balaban J connectivity index is 2.02. The van der Waals surface area contributed by atoms with Gasteiger partial charge in [-0.15, -0.1) is 0 Å². The topological polar surface area (TPSA) is 98.5 Å². The van der Waals surface area contributed by atoms with E-state index in [2.05, 4.69) is 5.32 Å². The Kier molecular flexibility index (Phi) is 5.71. The number of halogens is 1. The Bertz CT molecular complexity index is 851. The third-order valence-electron chi connectivity index (χ3n) is 3.38. The molecule has 0 atom stereocenters. The lowest BCUT2D eigenvalue weighted by molar-refractivity contribution is -0.384. The zero-order chi connectivity index (χ0) is 18.6. The van der Waals surface area contributed by atoms with Gasteiger partial charge in [0.15, 0.2) is 6.61 Å². The summed E-state index contributed by atoms with van der Waals surface area (Å²) in [7, 11) is 0. The molecule has 0 spiro atoms. The molecule has 0 aliphatic carbocycles. The summed E-state index contributed by atoms with van der Waals surface area (Å²) in [6, 6.07) is 8.98. The number of nitrogens with zero attached hydrogens (tertiary/aromatic N) is 1. The van der Waals surface area contributed by atoms with E-state index in [1.54, 1.807) is 6.07 Å². The second-order valence-electron chi connectivity index (χ2n) is 5.36. The number of non-ortho nitro benzene ring substituents is 1. The van der Waals surface area contributed by atoms with Gasteiger partial charge in [-0.3, -0.25) is 14.9 Å². The molecule has 130 valence electrons. The first kappa shape index (κ1) is 18.4. The average Bonchev–Trinajstić information content (AvgIpc) is 2.56. The summed E-state index contributed by atoms with van der Waals surface area (Å²) in [4.78, 5) is 34.1. The lowest BCUT2D eigenvalue weighted by Crippen LogP contribution is -2.21. The molecule has 0 unspecified atom stereocenters. The van der Waals surface area contributed by atoms with Gasteiger partial charge in [-0.25, -0.2) is 4.79 Å². The molecule has 0 bridgehead atoms. The third-order valence-corrected chi connectivity index (χ3v) is 3.71. The number of aryl methyl sites for hydroxylation is 2. The number of ether oxygens (including phenoxy) is 1. The summed E-state index contributed by atoms with van der Waals surface area (Å²) in [5, 5.41) is 13.4. The molecule has 0 aliphatic heterocycles. The lowest BCUT2D eigenvalue weighted by atomic mass is 10.1. The van der Waals surface area contributed by atoms with Crippen molar-refractivity contribution in [2.24, 2.45) is 0 Å². The quantitative estimate of drug-likeness (QED) is 0.497. The molecule has 1 N–H and O–H groups in total. The van der Waals surface area contributed by atoms with E-state index >= 15 is 0 Å². The van der Waals surface area contributed by atoms with Crippen molar-refractivity contribution >= 4 is 34.9 Å². The first-order valence-electron chi connectivity index (χ1n) is 7.26. The van der Waals surface area contributed by atoms with E-state index in [4.69, 9.17) is 16.3 Å². The summed E-state index contributed by atoms with van der Waals surface area (Å²) >= 11 is 5.86. The molecule has 0 aromatic heterocycles. The summed E-state index contributed by atoms with van der Waals surface area (Å²) in [6.45, 7) is 3.19. The summed E-state index contributed by atoms with van der Waals surface area (Å²) in [5.74, 6) is -1.44. The molecule has 0 radical (unpaired) electrons. The minimum atomic E-state index is -0.912. The van der Waals surface area contributed by atoms with Gasteiger partial charge in [0.2, 0.25) is 0 Å². The molecule has 7 nitrogen and oxygen atoms in total. The molecule has 25 heavy (non-hydrogen) atoms. The number of nitrogens with one attached hydrogen (secondary N) is 1. The number of nitro benzene ring substituents is 1. The van der Waals surface area contributed by atoms with Crippen LogP contribution in [0.15, 0.2) is 36.4 Å². The van der Waals surface area contributed by atoms with Gasteiger partial charge in [-0.05, 0) is 37.1 Å². The largest absolute Gasteiger partial charge is 0.452 e. The van der Waals surface area contributed by atoms with Gasteiger partial charge in [0, 0.05) is 17.8 Å². The third kappa shape index (κ3) is 4.77. The van der Waals surface area contributed by atoms with Gasteiger partial charge in [-0.2, -0.15) is 0 Å². The van der Waals surface area contributed by atoms with Crippen LogP contribution in [0.5, 0.6) is 0 Å². The maximum atomic E-state index is 12.0. The van der Waals surface area contributed by atoms with Crippen LogP contribution < -0.4 is 5.32 Å². The molecule has 0 heterocycles. The maximum absolute atomic E-state index is 12.0. The summed E-state index contributed by atoms with van der Waals surface area (Å²) in [6.07, 6.45) is 0. The van der Waals surface area contributed by atoms with E-state index in [9.17, 15) is 19.7 Å². The van der Waals surface area contributed by atoms with Crippen LogP contribution in [0, 0.1) is 24.0 Å². The Labute approximate surface area is 148 Å². The second-order valence-corrected chi connectivity index (χ2v) is 5.77. The molecular weight excluding hydrogens is 348 g/mol. The Hall–Kier alpha value is -2.93. The lowest BCUT2D eigenvalue weighted by Gasteiger charge is -2.10. The predicted octanol–water partition coefficient (Wildman–Crippen LogP) is 3.66. The minimum Gasteiger partial charge on any atom is -0.452 e. The number of benzene rings is 2. The van der Waals surface area contributed by atoms with Crippen LogP contribution >= 0.6 is 11.6 Å². The van der Waals surface area contributed by atoms with Crippen molar-refractivity contribution in [2.45, 2.75) is 13.8 Å². The van der Waals surface area contributed by atoms with Crippen molar-refractivity contribution in [3.05, 3.63) is 68.2 Å². The van der Waals surface area contributed by atoms with Crippen molar-refractivity contribution in [3.8, 4) is 0 Å². The van der Waals surface area contributed by atoms with E-state index in [1.807, 2.05) is 26.0 Å². The monoisotopic (exact) mass is 362 g/mol. The van der Waals surface area contributed by atoms with E-state index in [-0.39, 0.29) is 16.3 Å². The second kappa shape index (κ2) is 7.76. The van der Waals surface area contributed by atoms with Gasteiger partial charge in [-0.1, -0.05) is 23.7 Å². The normalized spacial score (nSPS) is 10.2. The van der Waals surface area contributed by atoms with E-state index in [0.717, 1.165) is 17.2 Å². The first-order chi connectivity index (χ1) is 11.8. The molecule has 0 fully saturated rings. The Morgan fingerprint density at radius 3 is 2.60 bits per heavy atom. The van der Waals surface area contributed by atoms with Crippen molar-refractivity contribution in [3.63, 3.8) is 0 Å². The van der Waals surface area contributed by atoms with Crippen molar-refractivity contribution in [1.82, 2.24) is 0 Å². The molecule has 2 aromatic carbocycles. The Morgan fingerprint density at radius 1 is 1.20 bits per heavy atom. The fraction of sp³-hybridized carbons (Fsp3) is 0.176. The Morgan fingerprint density at radius 2 is 1.92 bits per heavy atom. The molecular formula is C17H15ClN2O5. The first-order valence-corrected chi connectivity index (χ1v) is 7.64. The maximum Gasteiger partial charge on any atom is 0.340 e. The van der Waals surface area contributed by atoms with Crippen LogP contribution in [0.2, 0.25) is 5.02 Å². The van der Waals surface area contributed by atoms with E-state index in [1.165, 1.54) is 12.1 Å². The number of carbonyl (C=O) groups excluding carboxylic acids is 2. The molecule has 8 heteroatoms. The van der Waals surface area contributed by atoms with Crippen molar-refractivity contribution < 1.29 is 19.2 Å². The van der Waals surface area contributed by atoms with Crippen LogP contribution in [-0.2, 0) is 9.53 Å². The molecule has 0 aliphatic rings. The number of carbonyl (C=O) groups is 2. The minimum absolute atomic E-state index is 0.00513. The number of esters is 1. The smallest absolute Gasteiger partial charge is 0.340 e. The van der Waals surface area contributed by atoms with Crippen LogP contribution in [0.1, 0.15) is 21.5 Å². The highest BCUT2D eigenvalue weighted by Gasteiger charge is 2.18. The zero-order valence-electron chi connectivity index (χ0n) is 13.5. The van der Waals surface area contributed by atoms with Crippen LogP contribution in [-0.4, -0.2) is 23.4 Å². The number of hydrogen-bond donors (Lipinski definition) is 1. The standard InChI is InChI=1S/C17H15ClN2O5/c1-10-3-4-11(2)15(7-10)19-16(21)9-25-17(22)13-8-12(20(23)24)5-6-14(13)18/h3-8H,9H2,1-2H3,(H,19,21). The molecule has 0 saturated carbocycles. The summed E-state index contributed by atoms with van der Waals surface area (Å²) < 4.78 is 4.89. The molecule has 2 aromatic rings. The van der Waals surface area contributed by atoms with Gasteiger partial charge < -0.3 is 10.1 Å². The highest BCUT2D eigenvalue weighted by atomic mass is 35.5. The summed E-state index contributed by atoms with van der Waals surface area (Å²) in [5.41, 5.74) is 1.99. The zero-order valence-corrected chi connectivity index (χ0v) is 14.3. The van der Waals surface area contributed by atoms with E-state index in [0.29, 0.717) is 5.69 Å². The fourth-order valence-electron chi connectivity index (χ4n) is 2.05. The highest BCUT2D eigenvalue weighted by Crippen LogP contribution is 2.23. The molecule has 2 rings (SSSR count). The SMILES string of the molecule is Cc1ccc(C)c(NC(=O)COC(=O)c2cc([N+](=O)[O-])ccc2Cl)c1. The highest BCUT2D eigenvalue weighted by molar-refractivity contribution is 6.33. The number of hydrogen-bond acceptors (Lipinski definition) is 5. The van der Waals surface area contributed by atoms with Crippen molar-refractivity contribution in [2.75, 3.05) is 11.9 Å². The predicted molar refractivity (Wildman–Crippen MR) is 92.9 cm³/mol. The average molecular weight is 363 g/mol. The van der Waals surface area contributed by atoms with Gasteiger partial charge in [0.1, 0.15) is 0 Å². The number of amides is 1. The number of anilines is 1. The number of rotatable bonds is 5. The van der Waals surface area contributed by atoms with Gasteiger partial charge in [0.25, 0.3) is 11.6 Å². The molecule has 0 saturated heterocycles. The van der Waals surface area contributed by atoms with Crippen LogP contribution in [0.3, 0.4) is 0 Å². The van der Waals surface area contributed by atoms with Gasteiger partial charge >= 0.3 is 5.97 Å². The molecule has 1 amide bonds. The van der Waals surface area contributed by atoms with Crippen molar-refractivity contribution in [1.29, 1.82) is 0 Å². The van der Waals surface area contributed by atoms with Gasteiger partial charge in [0.05, 0.1) is 15.5 Å². The fourth-order valence-corrected chi connectivity index (χ4v) is 2.24. The van der Waals surface area contributed by atoms with E-state index < -0.39 is 23.4 Å².